The van der Waals surface area contributed by atoms with Crippen molar-refractivity contribution in [2.75, 3.05) is 5.32 Å². The molecule has 2 N–H and O–H groups in total. The fourth-order valence-corrected chi connectivity index (χ4v) is 1.80. The standard InChI is InChI=1S/C12H14FNO3/c1-7-2-5-11(17-7)12(16)14-8-3-4-10(15)9(13)6-8/h3-4,6-7,11,15H,2,5H2,1H3,(H,14,16). The van der Waals surface area contributed by atoms with Gasteiger partial charge in [-0.2, -0.15) is 0 Å². The molecule has 1 aliphatic heterocycles. The monoisotopic (exact) mass is 239 g/mol. The van der Waals surface area contributed by atoms with Crippen LogP contribution in [0.3, 0.4) is 0 Å². The first-order valence-corrected chi connectivity index (χ1v) is 5.51. The number of rotatable bonds is 2. The lowest BCUT2D eigenvalue weighted by atomic mass is 10.2. The van der Waals surface area contributed by atoms with E-state index >= 15 is 0 Å². The Morgan fingerprint density at radius 2 is 2.29 bits per heavy atom. The van der Waals surface area contributed by atoms with Gasteiger partial charge in [-0.15, -0.1) is 0 Å². The highest BCUT2D eigenvalue weighted by atomic mass is 19.1. The first kappa shape index (κ1) is 11.9. The Hall–Kier alpha value is -1.62. The summed E-state index contributed by atoms with van der Waals surface area (Å²) in [5.74, 6) is -1.48. The molecule has 2 unspecified atom stereocenters. The summed E-state index contributed by atoms with van der Waals surface area (Å²) < 4.78 is 18.4. The molecule has 5 heteroatoms. The van der Waals surface area contributed by atoms with Crippen LogP contribution in [0.5, 0.6) is 5.75 Å². The van der Waals surface area contributed by atoms with E-state index in [-0.39, 0.29) is 12.0 Å². The summed E-state index contributed by atoms with van der Waals surface area (Å²) in [6.45, 7) is 1.91. The van der Waals surface area contributed by atoms with E-state index in [1.807, 2.05) is 6.92 Å². The Balaban J connectivity index is 2.00. The summed E-state index contributed by atoms with van der Waals surface area (Å²) in [5, 5.41) is 11.6. The zero-order valence-corrected chi connectivity index (χ0v) is 9.44. The summed E-state index contributed by atoms with van der Waals surface area (Å²) in [6, 6.07) is 3.71. The van der Waals surface area contributed by atoms with Crippen LogP contribution in [0.25, 0.3) is 0 Å². The summed E-state index contributed by atoms with van der Waals surface area (Å²) in [6.07, 6.45) is 1.14. The number of hydrogen-bond donors (Lipinski definition) is 2. The minimum Gasteiger partial charge on any atom is -0.505 e. The van der Waals surface area contributed by atoms with Crippen molar-refractivity contribution in [3.05, 3.63) is 24.0 Å². The lowest BCUT2D eigenvalue weighted by molar-refractivity contribution is -0.126. The molecule has 0 bridgehead atoms. The van der Waals surface area contributed by atoms with Crippen LogP contribution in [0.15, 0.2) is 18.2 Å². The van der Waals surface area contributed by atoms with Gasteiger partial charge < -0.3 is 15.2 Å². The number of carbonyl (C=O) groups excluding carboxylic acids is 1. The molecule has 2 atom stereocenters. The first-order valence-electron chi connectivity index (χ1n) is 5.51. The van der Waals surface area contributed by atoms with Gasteiger partial charge in [0.05, 0.1) is 6.10 Å². The Morgan fingerprint density at radius 1 is 1.53 bits per heavy atom. The highest BCUT2D eigenvalue weighted by molar-refractivity contribution is 5.94. The van der Waals surface area contributed by atoms with Crippen molar-refractivity contribution in [1.29, 1.82) is 0 Å². The molecule has 0 aliphatic carbocycles. The molecule has 2 rings (SSSR count). The number of phenolic OH excluding ortho intramolecular Hbond substituents is 1. The number of anilines is 1. The smallest absolute Gasteiger partial charge is 0.253 e. The zero-order chi connectivity index (χ0) is 12.4. The van der Waals surface area contributed by atoms with Crippen LogP contribution in [0.1, 0.15) is 19.8 Å². The molecule has 0 saturated carbocycles. The second-order valence-corrected chi connectivity index (χ2v) is 4.17. The van der Waals surface area contributed by atoms with Crippen LogP contribution in [0, 0.1) is 5.82 Å². The molecule has 1 aromatic rings. The fraction of sp³-hybridized carbons (Fsp3) is 0.417. The quantitative estimate of drug-likeness (QED) is 0.776. The molecule has 17 heavy (non-hydrogen) atoms. The number of nitrogens with one attached hydrogen (secondary N) is 1. The Morgan fingerprint density at radius 3 is 2.88 bits per heavy atom. The predicted molar refractivity (Wildman–Crippen MR) is 60.3 cm³/mol. The van der Waals surface area contributed by atoms with Crippen LogP contribution in [0.4, 0.5) is 10.1 Å². The molecule has 0 radical (unpaired) electrons. The lowest BCUT2D eigenvalue weighted by Crippen LogP contribution is -2.27. The van der Waals surface area contributed by atoms with Crippen molar-refractivity contribution in [2.45, 2.75) is 32.0 Å². The number of carbonyl (C=O) groups is 1. The minimum absolute atomic E-state index is 0.0855. The van der Waals surface area contributed by atoms with Gasteiger partial charge >= 0.3 is 0 Å². The van der Waals surface area contributed by atoms with Gasteiger partial charge in [0.1, 0.15) is 6.10 Å². The topological polar surface area (TPSA) is 58.6 Å². The van der Waals surface area contributed by atoms with E-state index in [4.69, 9.17) is 9.84 Å². The van der Waals surface area contributed by atoms with Crippen LogP contribution < -0.4 is 5.32 Å². The van der Waals surface area contributed by atoms with Gasteiger partial charge in [0.2, 0.25) is 0 Å². The molecule has 0 aromatic heterocycles. The second kappa shape index (κ2) is 4.71. The summed E-state index contributed by atoms with van der Waals surface area (Å²) >= 11 is 0. The third-order valence-corrected chi connectivity index (χ3v) is 2.74. The summed E-state index contributed by atoms with van der Waals surface area (Å²) in [5.41, 5.74) is 0.313. The zero-order valence-electron chi connectivity index (χ0n) is 9.44. The normalized spacial score (nSPS) is 23.6. The van der Waals surface area contributed by atoms with Crippen molar-refractivity contribution < 1.29 is 19.0 Å². The minimum atomic E-state index is -0.761. The maximum Gasteiger partial charge on any atom is 0.253 e. The van der Waals surface area contributed by atoms with Crippen LogP contribution in [0.2, 0.25) is 0 Å². The number of ether oxygens (including phenoxy) is 1. The molecular weight excluding hydrogens is 225 g/mol. The molecule has 92 valence electrons. The molecular formula is C12H14FNO3. The molecule has 1 amide bonds. The van der Waals surface area contributed by atoms with Gasteiger partial charge in [-0.3, -0.25) is 4.79 Å². The van der Waals surface area contributed by atoms with Crippen LogP contribution in [-0.4, -0.2) is 23.2 Å². The number of benzene rings is 1. The maximum absolute atomic E-state index is 13.0. The number of aromatic hydroxyl groups is 1. The first-order chi connectivity index (χ1) is 8.06. The Labute approximate surface area is 98.4 Å². The van der Waals surface area contributed by atoms with Crippen molar-refractivity contribution in [3.8, 4) is 5.75 Å². The highest BCUT2D eigenvalue weighted by Crippen LogP contribution is 2.22. The fourth-order valence-electron chi connectivity index (χ4n) is 1.80. The Kier molecular flexibility index (Phi) is 3.28. The number of hydrogen-bond acceptors (Lipinski definition) is 3. The van der Waals surface area contributed by atoms with Gasteiger partial charge in [0.25, 0.3) is 5.91 Å². The van der Waals surface area contributed by atoms with Crippen molar-refractivity contribution in [1.82, 2.24) is 0 Å². The van der Waals surface area contributed by atoms with Crippen molar-refractivity contribution in [3.63, 3.8) is 0 Å². The number of halogens is 1. The van der Waals surface area contributed by atoms with Gasteiger partial charge in [0, 0.05) is 11.8 Å². The average molecular weight is 239 g/mol. The van der Waals surface area contributed by atoms with Crippen molar-refractivity contribution >= 4 is 11.6 Å². The van der Waals surface area contributed by atoms with E-state index in [1.54, 1.807) is 0 Å². The van der Waals surface area contributed by atoms with Crippen LogP contribution in [-0.2, 0) is 9.53 Å². The molecule has 1 fully saturated rings. The number of phenols is 1. The molecule has 1 aliphatic rings. The molecule has 4 nitrogen and oxygen atoms in total. The molecule has 1 saturated heterocycles. The average Bonchev–Trinajstić information content (AvgIpc) is 2.70. The van der Waals surface area contributed by atoms with E-state index in [2.05, 4.69) is 5.32 Å². The predicted octanol–water partition coefficient (Wildman–Crippen LogP) is 2.04. The number of amides is 1. The van der Waals surface area contributed by atoms with E-state index in [0.717, 1.165) is 12.5 Å². The van der Waals surface area contributed by atoms with E-state index in [1.165, 1.54) is 12.1 Å². The highest BCUT2D eigenvalue weighted by Gasteiger charge is 2.28. The van der Waals surface area contributed by atoms with Gasteiger partial charge in [-0.05, 0) is 31.9 Å². The maximum atomic E-state index is 13.0. The molecule has 1 heterocycles. The SMILES string of the molecule is CC1CCC(C(=O)Nc2ccc(O)c(F)c2)O1. The summed E-state index contributed by atoms with van der Waals surface area (Å²) in [4.78, 5) is 11.7. The van der Waals surface area contributed by atoms with Crippen LogP contribution >= 0.6 is 0 Å². The lowest BCUT2D eigenvalue weighted by Gasteiger charge is -2.11. The third kappa shape index (κ3) is 2.74. The largest absolute Gasteiger partial charge is 0.505 e. The van der Waals surface area contributed by atoms with Gasteiger partial charge in [0.15, 0.2) is 11.6 Å². The van der Waals surface area contributed by atoms with Crippen molar-refractivity contribution in [2.24, 2.45) is 0 Å². The third-order valence-electron chi connectivity index (χ3n) is 2.74. The molecule has 0 spiro atoms. The van der Waals surface area contributed by atoms with Gasteiger partial charge in [-0.25, -0.2) is 4.39 Å². The second-order valence-electron chi connectivity index (χ2n) is 4.17. The van der Waals surface area contributed by atoms with E-state index in [0.29, 0.717) is 12.1 Å². The van der Waals surface area contributed by atoms with E-state index < -0.39 is 17.7 Å². The Bertz CT molecular complexity index is 436. The van der Waals surface area contributed by atoms with E-state index in [9.17, 15) is 9.18 Å². The summed E-state index contributed by atoms with van der Waals surface area (Å²) in [7, 11) is 0. The van der Waals surface area contributed by atoms with Gasteiger partial charge in [-0.1, -0.05) is 0 Å². The molecule has 1 aromatic carbocycles.